The fraction of sp³-hybridized carbons (Fsp3) is 0.0800. The van der Waals surface area contributed by atoms with Crippen molar-refractivity contribution in [1.29, 1.82) is 0 Å². The number of rotatable bonds is 6. The number of thiocarbonyl (C=S) groups is 1. The molecule has 10 heteroatoms. The van der Waals surface area contributed by atoms with Crippen molar-refractivity contribution in [1.82, 2.24) is 20.0 Å². The summed E-state index contributed by atoms with van der Waals surface area (Å²) in [6.07, 6.45) is 4.37. The molecular weight excluding hydrogens is 488 g/mol. The normalized spacial score (nSPS) is 14.7. The number of nitrogens with one attached hydrogen (secondary N) is 1. The van der Waals surface area contributed by atoms with Gasteiger partial charge in [-0.3, -0.25) is 24.6 Å². The Bertz CT molecular complexity index is 1380. The zero-order valence-corrected chi connectivity index (χ0v) is 20.1. The number of amides is 2. The maximum absolute atomic E-state index is 13.1. The van der Waals surface area contributed by atoms with Crippen LogP contribution in [0.2, 0.25) is 5.02 Å². The van der Waals surface area contributed by atoms with Crippen LogP contribution < -0.4 is 10.1 Å². The molecule has 35 heavy (non-hydrogen) atoms. The third kappa shape index (κ3) is 4.91. The van der Waals surface area contributed by atoms with E-state index in [-0.39, 0.29) is 17.2 Å². The SMILES string of the molecule is C=CCN1C(=O)/C(=C/c2cn(C(=O)c3ccc(Cl)cc3)nc2-c2ccc(OC)cc2)C(=O)NC1=S. The average Bonchev–Trinajstić information content (AvgIpc) is 3.28. The number of carbonyl (C=O) groups excluding carboxylic acids is 3. The Balaban J connectivity index is 1.82. The molecule has 2 heterocycles. The van der Waals surface area contributed by atoms with E-state index >= 15 is 0 Å². The molecule has 1 aromatic heterocycles. The molecule has 1 saturated heterocycles. The molecule has 2 amide bonds. The fourth-order valence-corrected chi connectivity index (χ4v) is 3.82. The number of benzene rings is 2. The monoisotopic (exact) mass is 506 g/mol. The van der Waals surface area contributed by atoms with Gasteiger partial charge in [0.1, 0.15) is 17.0 Å². The van der Waals surface area contributed by atoms with Crippen molar-refractivity contribution in [3.63, 3.8) is 0 Å². The zero-order chi connectivity index (χ0) is 25.1. The molecule has 2 aromatic carbocycles. The second-order valence-electron chi connectivity index (χ2n) is 7.44. The molecule has 1 N–H and O–H groups in total. The van der Waals surface area contributed by atoms with E-state index in [1.54, 1.807) is 55.6 Å². The molecule has 8 nitrogen and oxygen atoms in total. The number of methoxy groups -OCH3 is 1. The molecule has 0 atom stereocenters. The second kappa shape index (κ2) is 10.0. The van der Waals surface area contributed by atoms with Crippen LogP contribution in [-0.2, 0) is 9.59 Å². The largest absolute Gasteiger partial charge is 0.497 e. The van der Waals surface area contributed by atoms with Crippen LogP contribution in [0.5, 0.6) is 5.75 Å². The zero-order valence-electron chi connectivity index (χ0n) is 18.5. The van der Waals surface area contributed by atoms with E-state index in [4.69, 9.17) is 28.6 Å². The summed E-state index contributed by atoms with van der Waals surface area (Å²) in [5.41, 5.74) is 1.66. The van der Waals surface area contributed by atoms with Gasteiger partial charge in [0.25, 0.3) is 17.7 Å². The maximum Gasteiger partial charge on any atom is 0.278 e. The quantitative estimate of drug-likeness (QED) is 0.237. The van der Waals surface area contributed by atoms with Crippen LogP contribution in [0.1, 0.15) is 15.9 Å². The molecule has 1 fully saturated rings. The Hall–Kier alpha value is -4.08. The molecule has 4 rings (SSSR count). The molecule has 0 unspecified atom stereocenters. The van der Waals surface area contributed by atoms with Gasteiger partial charge >= 0.3 is 0 Å². The van der Waals surface area contributed by atoms with Crippen molar-refractivity contribution in [2.24, 2.45) is 0 Å². The van der Waals surface area contributed by atoms with Crippen LogP contribution >= 0.6 is 23.8 Å². The number of carbonyl (C=O) groups is 3. The van der Waals surface area contributed by atoms with Crippen LogP contribution in [-0.4, -0.2) is 51.2 Å². The molecule has 0 saturated carbocycles. The van der Waals surface area contributed by atoms with Crippen molar-refractivity contribution in [3.8, 4) is 17.0 Å². The first-order valence-electron chi connectivity index (χ1n) is 10.4. The van der Waals surface area contributed by atoms with Crippen LogP contribution in [0.15, 0.2) is 73.0 Å². The minimum absolute atomic E-state index is 0.000962. The third-order valence-electron chi connectivity index (χ3n) is 5.20. The van der Waals surface area contributed by atoms with Gasteiger partial charge in [-0.2, -0.15) is 5.10 Å². The molecule has 0 bridgehead atoms. The lowest BCUT2D eigenvalue weighted by Gasteiger charge is -2.27. The first-order chi connectivity index (χ1) is 16.8. The van der Waals surface area contributed by atoms with E-state index < -0.39 is 17.7 Å². The van der Waals surface area contributed by atoms with Gasteiger partial charge in [-0.1, -0.05) is 17.7 Å². The Morgan fingerprint density at radius 2 is 1.86 bits per heavy atom. The maximum atomic E-state index is 13.1. The minimum Gasteiger partial charge on any atom is -0.497 e. The number of hydrogen-bond donors (Lipinski definition) is 1. The lowest BCUT2D eigenvalue weighted by Crippen LogP contribution is -2.53. The second-order valence-corrected chi connectivity index (χ2v) is 8.26. The Morgan fingerprint density at radius 3 is 2.49 bits per heavy atom. The van der Waals surface area contributed by atoms with E-state index in [1.165, 1.54) is 23.2 Å². The Morgan fingerprint density at radius 1 is 1.17 bits per heavy atom. The number of halogens is 1. The van der Waals surface area contributed by atoms with Crippen molar-refractivity contribution < 1.29 is 19.1 Å². The van der Waals surface area contributed by atoms with Crippen molar-refractivity contribution in [2.75, 3.05) is 13.7 Å². The number of nitrogens with zero attached hydrogens (tertiary/aromatic N) is 3. The van der Waals surface area contributed by atoms with Gasteiger partial charge in [-0.05, 0) is 66.8 Å². The summed E-state index contributed by atoms with van der Waals surface area (Å²) in [6, 6.07) is 13.4. The summed E-state index contributed by atoms with van der Waals surface area (Å²) in [5, 5.41) is 7.48. The molecule has 0 radical (unpaired) electrons. The molecule has 3 aromatic rings. The molecular formula is C25H19ClN4O4S. The number of ether oxygens (including phenoxy) is 1. The summed E-state index contributed by atoms with van der Waals surface area (Å²) >= 11 is 11.0. The van der Waals surface area contributed by atoms with E-state index in [1.807, 2.05) is 0 Å². The number of aromatic nitrogens is 2. The molecule has 0 spiro atoms. The highest BCUT2D eigenvalue weighted by Crippen LogP contribution is 2.27. The third-order valence-corrected chi connectivity index (χ3v) is 5.78. The Kier molecular flexibility index (Phi) is 6.90. The lowest BCUT2D eigenvalue weighted by molar-refractivity contribution is -0.128. The minimum atomic E-state index is -0.641. The van der Waals surface area contributed by atoms with Gasteiger partial charge in [0.2, 0.25) is 0 Å². The summed E-state index contributed by atoms with van der Waals surface area (Å²) in [6.45, 7) is 3.76. The molecule has 0 aliphatic carbocycles. The van der Waals surface area contributed by atoms with Crippen LogP contribution in [0.4, 0.5) is 0 Å². The van der Waals surface area contributed by atoms with E-state index in [0.29, 0.717) is 33.2 Å². The van der Waals surface area contributed by atoms with Crippen molar-refractivity contribution in [2.45, 2.75) is 0 Å². The van der Waals surface area contributed by atoms with Crippen molar-refractivity contribution >= 4 is 52.7 Å². The average molecular weight is 507 g/mol. The van der Waals surface area contributed by atoms with Gasteiger partial charge in [-0.15, -0.1) is 6.58 Å². The van der Waals surface area contributed by atoms with Crippen molar-refractivity contribution in [3.05, 3.63) is 89.1 Å². The van der Waals surface area contributed by atoms with E-state index in [9.17, 15) is 14.4 Å². The Labute approximate surface area is 211 Å². The number of hydrogen-bond acceptors (Lipinski definition) is 6. The van der Waals surface area contributed by atoms with Crippen LogP contribution in [0, 0.1) is 0 Å². The summed E-state index contributed by atoms with van der Waals surface area (Å²) in [5.74, 6) is -0.982. The first-order valence-corrected chi connectivity index (χ1v) is 11.1. The topological polar surface area (TPSA) is 93.5 Å². The summed E-state index contributed by atoms with van der Waals surface area (Å²) in [4.78, 5) is 40.0. The van der Waals surface area contributed by atoms with Gasteiger partial charge in [-0.25, -0.2) is 4.68 Å². The van der Waals surface area contributed by atoms with Gasteiger partial charge in [0.05, 0.1) is 7.11 Å². The highest BCUT2D eigenvalue weighted by Gasteiger charge is 2.33. The van der Waals surface area contributed by atoms with E-state index in [2.05, 4.69) is 17.0 Å². The van der Waals surface area contributed by atoms with Gasteiger partial charge in [0.15, 0.2) is 5.11 Å². The van der Waals surface area contributed by atoms with Gasteiger partial charge < -0.3 is 4.74 Å². The summed E-state index contributed by atoms with van der Waals surface area (Å²) < 4.78 is 6.37. The standard InChI is InChI=1S/C25H19ClN4O4S/c1-3-12-29-24(33)20(22(31)27-25(29)35)13-17-14-30(23(32)16-4-8-18(26)9-5-16)28-21(17)15-6-10-19(34-2)11-7-15/h3-11,13-14H,1,12H2,2H3,(H,27,31,35)/b20-13+. The van der Waals surface area contributed by atoms with E-state index in [0.717, 1.165) is 4.68 Å². The summed E-state index contributed by atoms with van der Waals surface area (Å²) in [7, 11) is 1.55. The molecule has 1 aliphatic heterocycles. The molecule has 176 valence electrons. The first kappa shape index (κ1) is 24.1. The van der Waals surface area contributed by atoms with Gasteiger partial charge in [0, 0.05) is 34.5 Å². The predicted octanol–water partition coefficient (Wildman–Crippen LogP) is 3.71. The lowest BCUT2D eigenvalue weighted by atomic mass is 10.0. The highest BCUT2D eigenvalue weighted by molar-refractivity contribution is 7.80. The molecule has 1 aliphatic rings. The highest BCUT2D eigenvalue weighted by atomic mass is 35.5. The smallest absolute Gasteiger partial charge is 0.278 e. The predicted molar refractivity (Wildman–Crippen MR) is 136 cm³/mol. The fourth-order valence-electron chi connectivity index (χ4n) is 3.44. The van der Waals surface area contributed by atoms with Crippen LogP contribution in [0.3, 0.4) is 0 Å². The van der Waals surface area contributed by atoms with Crippen LogP contribution in [0.25, 0.3) is 17.3 Å².